The average Bonchev–Trinajstić information content (AvgIpc) is 3.01. The molecule has 1 saturated heterocycles. The Balaban J connectivity index is 1.85. The molecule has 0 aliphatic carbocycles. The molecule has 2 aromatic carbocycles. The number of sulfonamides is 1. The van der Waals surface area contributed by atoms with Crippen molar-refractivity contribution in [1.29, 1.82) is 0 Å². The van der Waals surface area contributed by atoms with E-state index in [9.17, 15) is 28.4 Å². The zero-order chi connectivity index (χ0) is 21.2. The van der Waals surface area contributed by atoms with Gasteiger partial charge in [0, 0.05) is 12.1 Å². The molecule has 1 fully saturated rings. The van der Waals surface area contributed by atoms with E-state index in [2.05, 4.69) is 9.71 Å². The molecule has 1 aliphatic rings. The number of rotatable bonds is 5. The van der Waals surface area contributed by atoms with Crippen LogP contribution in [0, 0.1) is 10.1 Å². The number of ether oxygens (including phenoxy) is 1. The maximum atomic E-state index is 12.4. The van der Waals surface area contributed by atoms with E-state index in [0.717, 1.165) is 36.0 Å². The molecular weight excluding hydrogens is 422 g/mol. The summed E-state index contributed by atoms with van der Waals surface area (Å²) in [7, 11) is -2.79. The molecule has 2 aromatic rings. The summed E-state index contributed by atoms with van der Waals surface area (Å²) in [5.74, 6) is -0.383. The normalized spacial score (nSPS) is 16.8. The Bertz CT molecular complexity index is 1160. The fraction of sp³-hybridized carbons (Fsp3) is 0.0588. The van der Waals surface area contributed by atoms with E-state index in [-0.39, 0.29) is 32.2 Å². The van der Waals surface area contributed by atoms with E-state index in [4.69, 9.17) is 4.74 Å². The molecule has 0 radical (unpaired) electrons. The number of methoxy groups -OCH3 is 1. The molecule has 1 aliphatic heterocycles. The highest BCUT2D eigenvalue weighted by Crippen LogP contribution is 2.31. The Kier molecular flexibility index (Phi) is 5.57. The first-order valence-corrected chi connectivity index (χ1v) is 10.1. The van der Waals surface area contributed by atoms with Crippen molar-refractivity contribution in [3.8, 4) is 11.5 Å². The number of phenolic OH excluding ortho intramolecular Hbond substituents is 1. The topological polar surface area (TPSA) is 148 Å². The molecule has 150 valence electrons. The standard InChI is InChI=1S/C17H13N3O7S2/c1-27-14-8-10(2-7-13(14)21)9-15-16(22)18-17(28-15)19-29(25,26)12-5-3-11(4-6-12)20(23)24/h2-9,21H,1H3,(H,18,19,22). The molecule has 1 heterocycles. The first-order valence-electron chi connectivity index (χ1n) is 7.87. The van der Waals surface area contributed by atoms with E-state index in [0.29, 0.717) is 5.56 Å². The lowest BCUT2D eigenvalue weighted by Gasteiger charge is -2.03. The number of phenols is 1. The number of benzene rings is 2. The van der Waals surface area contributed by atoms with Gasteiger partial charge in [0.05, 0.1) is 21.8 Å². The Hall–Kier alpha value is -3.38. The van der Waals surface area contributed by atoms with Crippen molar-refractivity contribution in [2.75, 3.05) is 7.11 Å². The van der Waals surface area contributed by atoms with Gasteiger partial charge >= 0.3 is 0 Å². The van der Waals surface area contributed by atoms with Crippen molar-refractivity contribution in [3.05, 3.63) is 63.0 Å². The SMILES string of the molecule is COc1cc(C=C2SC(=NS(=O)(=O)c3ccc([N+](=O)[O-])cc3)NC2=O)ccc1O. The lowest BCUT2D eigenvalue weighted by molar-refractivity contribution is -0.384. The number of nitro benzene ring substituents is 1. The highest BCUT2D eigenvalue weighted by Gasteiger charge is 2.27. The predicted molar refractivity (Wildman–Crippen MR) is 106 cm³/mol. The van der Waals surface area contributed by atoms with Crippen molar-refractivity contribution >= 4 is 44.6 Å². The molecule has 0 spiro atoms. The van der Waals surface area contributed by atoms with Crippen LogP contribution in [0.25, 0.3) is 6.08 Å². The number of nitrogens with zero attached hydrogens (tertiary/aromatic N) is 2. The second-order valence-corrected chi connectivity index (χ2v) is 8.25. The van der Waals surface area contributed by atoms with Crippen molar-refractivity contribution < 1.29 is 28.0 Å². The zero-order valence-electron chi connectivity index (χ0n) is 14.7. The molecule has 1 amide bonds. The third kappa shape index (κ3) is 4.55. The number of carbonyl (C=O) groups is 1. The van der Waals surface area contributed by atoms with E-state index in [1.165, 1.54) is 25.3 Å². The Morgan fingerprint density at radius 1 is 1.24 bits per heavy atom. The molecule has 0 aromatic heterocycles. The van der Waals surface area contributed by atoms with Gasteiger partial charge in [0.15, 0.2) is 16.7 Å². The number of aromatic hydroxyl groups is 1. The molecule has 10 nitrogen and oxygen atoms in total. The third-order valence-electron chi connectivity index (χ3n) is 3.70. The van der Waals surface area contributed by atoms with Gasteiger partial charge in [0.2, 0.25) is 0 Å². The smallest absolute Gasteiger partial charge is 0.284 e. The molecule has 0 bridgehead atoms. The van der Waals surface area contributed by atoms with E-state index < -0.39 is 20.9 Å². The third-order valence-corrected chi connectivity index (χ3v) is 6.02. The van der Waals surface area contributed by atoms with Gasteiger partial charge in [-0.25, -0.2) is 0 Å². The molecule has 3 rings (SSSR count). The van der Waals surface area contributed by atoms with E-state index in [1.54, 1.807) is 6.07 Å². The number of thioether (sulfide) groups is 1. The Morgan fingerprint density at radius 3 is 2.55 bits per heavy atom. The number of nitrogens with one attached hydrogen (secondary N) is 1. The maximum absolute atomic E-state index is 12.4. The number of non-ortho nitro benzene ring substituents is 1. The van der Waals surface area contributed by atoms with Crippen LogP contribution in [0.15, 0.2) is 56.7 Å². The Morgan fingerprint density at radius 2 is 1.93 bits per heavy atom. The van der Waals surface area contributed by atoms with Crippen LogP contribution in [0.3, 0.4) is 0 Å². The van der Waals surface area contributed by atoms with Crippen molar-refractivity contribution in [1.82, 2.24) is 5.32 Å². The fourth-order valence-electron chi connectivity index (χ4n) is 2.31. The second kappa shape index (κ2) is 7.93. The van der Waals surface area contributed by atoms with Gasteiger partial charge in [0.1, 0.15) is 0 Å². The van der Waals surface area contributed by atoms with Crippen LogP contribution in [-0.4, -0.2) is 36.6 Å². The van der Waals surface area contributed by atoms with Crippen molar-refractivity contribution in [2.24, 2.45) is 4.40 Å². The molecule has 0 unspecified atom stereocenters. The fourth-order valence-corrected chi connectivity index (χ4v) is 4.29. The van der Waals surface area contributed by atoms with Gasteiger partial charge in [0.25, 0.3) is 21.6 Å². The minimum Gasteiger partial charge on any atom is -0.504 e. The summed E-state index contributed by atoms with van der Waals surface area (Å²) in [6.07, 6.45) is 1.49. The number of hydrogen-bond acceptors (Lipinski definition) is 8. The average molecular weight is 435 g/mol. The summed E-state index contributed by atoms with van der Waals surface area (Å²) in [6.45, 7) is 0. The Labute approximate surface area is 169 Å². The summed E-state index contributed by atoms with van der Waals surface area (Å²) in [5, 5.41) is 22.5. The highest BCUT2D eigenvalue weighted by atomic mass is 32.2. The molecule has 0 atom stereocenters. The summed E-state index contributed by atoms with van der Waals surface area (Å²) in [5.41, 5.74) is 0.298. The van der Waals surface area contributed by atoms with Crippen LogP contribution in [0.4, 0.5) is 5.69 Å². The molecule has 29 heavy (non-hydrogen) atoms. The largest absolute Gasteiger partial charge is 0.504 e. The van der Waals surface area contributed by atoms with Gasteiger partial charge in [-0.05, 0) is 47.7 Å². The summed E-state index contributed by atoms with van der Waals surface area (Å²) in [4.78, 5) is 22.1. The first-order chi connectivity index (χ1) is 13.7. The summed E-state index contributed by atoms with van der Waals surface area (Å²) >= 11 is 0.821. The zero-order valence-corrected chi connectivity index (χ0v) is 16.4. The van der Waals surface area contributed by atoms with Crippen LogP contribution in [-0.2, 0) is 14.8 Å². The monoisotopic (exact) mass is 435 g/mol. The molecule has 0 saturated carbocycles. The number of amides is 1. The van der Waals surface area contributed by atoms with Gasteiger partial charge < -0.3 is 9.84 Å². The van der Waals surface area contributed by atoms with Crippen LogP contribution in [0.1, 0.15) is 5.56 Å². The van der Waals surface area contributed by atoms with Crippen molar-refractivity contribution in [3.63, 3.8) is 0 Å². The van der Waals surface area contributed by atoms with Crippen LogP contribution in [0.5, 0.6) is 11.5 Å². The minimum atomic E-state index is -4.17. The highest BCUT2D eigenvalue weighted by molar-refractivity contribution is 8.19. The quantitative estimate of drug-likeness (QED) is 0.413. The van der Waals surface area contributed by atoms with Crippen LogP contribution < -0.4 is 10.1 Å². The molecular formula is C17H13N3O7S2. The van der Waals surface area contributed by atoms with Gasteiger partial charge in [-0.2, -0.15) is 8.42 Å². The van der Waals surface area contributed by atoms with E-state index >= 15 is 0 Å². The van der Waals surface area contributed by atoms with Crippen molar-refractivity contribution in [2.45, 2.75) is 4.90 Å². The molecule has 12 heteroatoms. The number of carbonyl (C=O) groups excluding carboxylic acids is 1. The maximum Gasteiger partial charge on any atom is 0.284 e. The number of amidine groups is 1. The van der Waals surface area contributed by atoms with Crippen LogP contribution >= 0.6 is 11.8 Å². The number of nitro groups is 1. The lowest BCUT2D eigenvalue weighted by Crippen LogP contribution is -2.20. The van der Waals surface area contributed by atoms with Gasteiger partial charge in [-0.15, -0.1) is 4.40 Å². The van der Waals surface area contributed by atoms with Crippen LogP contribution in [0.2, 0.25) is 0 Å². The predicted octanol–water partition coefficient (Wildman–Crippen LogP) is 2.26. The minimum absolute atomic E-state index is 0.0605. The van der Waals surface area contributed by atoms with Gasteiger partial charge in [-0.1, -0.05) is 6.07 Å². The summed E-state index contributed by atoms with van der Waals surface area (Å²) in [6, 6.07) is 8.71. The van der Waals surface area contributed by atoms with Gasteiger partial charge in [-0.3, -0.25) is 20.2 Å². The van der Waals surface area contributed by atoms with E-state index in [1.807, 2.05) is 0 Å². The summed E-state index contributed by atoms with van der Waals surface area (Å²) < 4.78 is 33.3. The first kappa shape index (κ1) is 20.4. The number of hydrogen-bond donors (Lipinski definition) is 2. The lowest BCUT2D eigenvalue weighted by atomic mass is 10.2. The molecule has 2 N–H and O–H groups in total. The second-order valence-electron chi connectivity index (χ2n) is 5.62.